The molecule has 1 aromatic heterocycles. The molecule has 202 valence electrons. The molecule has 0 bridgehead atoms. The second-order valence-electron chi connectivity index (χ2n) is 10.7. The SMILES string of the molecule is CC1(COc2ccc(-c3ncnc(Nc4ccc(N5CCN(C6COC6)CC5)cc4)n3)cc2C#N)CCOC1. The van der Waals surface area contributed by atoms with E-state index in [9.17, 15) is 5.26 Å². The maximum absolute atomic E-state index is 9.73. The third kappa shape index (κ3) is 5.81. The molecule has 0 spiro atoms. The lowest BCUT2D eigenvalue weighted by molar-refractivity contribution is -0.0660. The smallest absolute Gasteiger partial charge is 0.230 e. The average molecular weight is 528 g/mol. The molecule has 0 aliphatic carbocycles. The van der Waals surface area contributed by atoms with Gasteiger partial charge in [-0.2, -0.15) is 10.2 Å². The second kappa shape index (κ2) is 11.1. The lowest BCUT2D eigenvalue weighted by atomic mass is 9.91. The Morgan fingerprint density at radius 2 is 1.90 bits per heavy atom. The van der Waals surface area contributed by atoms with Crippen LogP contribution in [0.4, 0.5) is 17.3 Å². The van der Waals surface area contributed by atoms with Crippen LogP contribution in [-0.2, 0) is 9.47 Å². The quantitative estimate of drug-likeness (QED) is 0.468. The van der Waals surface area contributed by atoms with Crippen LogP contribution in [0.25, 0.3) is 11.4 Å². The van der Waals surface area contributed by atoms with Crippen molar-refractivity contribution in [1.29, 1.82) is 5.26 Å². The van der Waals surface area contributed by atoms with Gasteiger partial charge in [0.25, 0.3) is 0 Å². The Balaban J connectivity index is 1.09. The normalized spacial score (nSPS) is 21.8. The van der Waals surface area contributed by atoms with Gasteiger partial charge in [0.2, 0.25) is 5.95 Å². The number of piperazine rings is 1. The number of hydrogen-bond acceptors (Lipinski definition) is 10. The first-order chi connectivity index (χ1) is 19.1. The van der Waals surface area contributed by atoms with Crippen LogP contribution < -0.4 is 15.0 Å². The topological polar surface area (TPSA) is 109 Å². The van der Waals surface area contributed by atoms with E-state index in [0.717, 1.165) is 63.7 Å². The molecular weight excluding hydrogens is 494 g/mol. The minimum atomic E-state index is -0.0290. The van der Waals surface area contributed by atoms with Crippen molar-refractivity contribution in [2.24, 2.45) is 5.41 Å². The summed E-state index contributed by atoms with van der Waals surface area (Å²) < 4.78 is 16.9. The zero-order valence-electron chi connectivity index (χ0n) is 22.2. The summed E-state index contributed by atoms with van der Waals surface area (Å²) in [4.78, 5) is 18.2. The molecule has 0 saturated carbocycles. The van der Waals surface area contributed by atoms with Gasteiger partial charge in [-0.05, 0) is 48.9 Å². The second-order valence-corrected chi connectivity index (χ2v) is 10.7. The fourth-order valence-electron chi connectivity index (χ4n) is 5.12. The Labute approximate surface area is 228 Å². The summed E-state index contributed by atoms with van der Waals surface area (Å²) in [6.07, 6.45) is 2.42. The molecule has 3 saturated heterocycles. The Bertz CT molecular complexity index is 1330. The number of nitrogens with zero attached hydrogens (tertiary/aromatic N) is 6. The Kier molecular flexibility index (Phi) is 7.28. The summed E-state index contributed by atoms with van der Waals surface area (Å²) in [5.74, 6) is 1.48. The van der Waals surface area contributed by atoms with Crippen LogP contribution in [0.2, 0.25) is 0 Å². The predicted molar refractivity (Wildman–Crippen MR) is 147 cm³/mol. The van der Waals surface area contributed by atoms with Crippen molar-refractivity contribution in [3.8, 4) is 23.2 Å². The highest BCUT2D eigenvalue weighted by Crippen LogP contribution is 2.31. The highest BCUT2D eigenvalue weighted by atomic mass is 16.5. The number of hydrogen-bond donors (Lipinski definition) is 1. The summed E-state index contributed by atoms with van der Waals surface area (Å²) in [6.45, 7) is 9.97. The van der Waals surface area contributed by atoms with Gasteiger partial charge in [0, 0.05) is 55.1 Å². The van der Waals surface area contributed by atoms with Crippen LogP contribution in [0.3, 0.4) is 0 Å². The van der Waals surface area contributed by atoms with Gasteiger partial charge in [-0.3, -0.25) is 4.90 Å². The lowest BCUT2D eigenvalue weighted by Crippen LogP contribution is -2.56. The molecule has 39 heavy (non-hydrogen) atoms. The number of aromatic nitrogens is 3. The molecule has 3 aromatic rings. The van der Waals surface area contributed by atoms with Crippen LogP contribution >= 0.6 is 0 Å². The predicted octanol–water partition coefficient (Wildman–Crippen LogP) is 3.48. The molecule has 3 fully saturated rings. The summed E-state index contributed by atoms with van der Waals surface area (Å²) in [5, 5.41) is 13.0. The van der Waals surface area contributed by atoms with E-state index in [4.69, 9.17) is 14.2 Å². The van der Waals surface area contributed by atoms with Gasteiger partial charge in [-0.1, -0.05) is 6.92 Å². The van der Waals surface area contributed by atoms with Crippen LogP contribution in [0.1, 0.15) is 18.9 Å². The molecule has 2 aromatic carbocycles. The number of nitrogens with one attached hydrogen (secondary N) is 1. The Morgan fingerprint density at radius 1 is 1.08 bits per heavy atom. The molecule has 1 atom stereocenters. The first-order valence-corrected chi connectivity index (χ1v) is 13.5. The van der Waals surface area contributed by atoms with Crippen molar-refractivity contribution in [2.75, 3.05) is 69.4 Å². The summed E-state index contributed by atoms with van der Waals surface area (Å²) in [5.41, 5.74) is 3.25. The van der Waals surface area contributed by atoms with Crippen molar-refractivity contribution in [1.82, 2.24) is 19.9 Å². The largest absolute Gasteiger partial charge is 0.492 e. The van der Waals surface area contributed by atoms with E-state index < -0.39 is 0 Å². The van der Waals surface area contributed by atoms with Gasteiger partial charge in [-0.15, -0.1) is 0 Å². The average Bonchev–Trinajstić information content (AvgIpc) is 3.38. The van der Waals surface area contributed by atoms with E-state index >= 15 is 0 Å². The molecule has 3 aliphatic rings. The van der Waals surface area contributed by atoms with Crippen LogP contribution in [-0.4, -0.2) is 85.1 Å². The number of rotatable bonds is 8. The van der Waals surface area contributed by atoms with Gasteiger partial charge in [0.05, 0.1) is 38.0 Å². The Morgan fingerprint density at radius 3 is 2.59 bits per heavy atom. The van der Waals surface area contributed by atoms with Crippen molar-refractivity contribution < 1.29 is 14.2 Å². The number of anilines is 3. The van der Waals surface area contributed by atoms with Crippen molar-refractivity contribution in [2.45, 2.75) is 19.4 Å². The first-order valence-electron chi connectivity index (χ1n) is 13.5. The molecule has 0 radical (unpaired) electrons. The van der Waals surface area contributed by atoms with Gasteiger partial charge in [0.15, 0.2) is 5.82 Å². The molecule has 10 nitrogen and oxygen atoms in total. The van der Waals surface area contributed by atoms with E-state index in [1.165, 1.54) is 12.0 Å². The fourth-order valence-corrected chi connectivity index (χ4v) is 5.12. The van der Waals surface area contributed by atoms with Crippen LogP contribution in [0.5, 0.6) is 5.75 Å². The van der Waals surface area contributed by atoms with Gasteiger partial charge >= 0.3 is 0 Å². The van der Waals surface area contributed by atoms with Crippen molar-refractivity contribution in [3.05, 3.63) is 54.4 Å². The van der Waals surface area contributed by atoms with E-state index in [1.54, 1.807) is 6.07 Å². The molecule has 3 aliphatic heterocycles. The van der Waals surface area contributed by atoms with Crippen molar-refractivity contribution >= 4 is 17.3 Å². The molecule has 6 rings (SSSR count). The molecular formula is C29H33N7O3. The minimum absolute atomic E-state index is 0.0290. The minimum Gasteiger partial charge on any atom is -0.492 e. The van der Waals surface area contributed by atoms with E-state index in [0.29, 0.717) is 42.3 Å². The molecule has 1 unspecified atom stereocenters. The summed E-state index contributed by atoms with van der Waals surface area (Å²) in [7, 11) is 0. The maximum atomic E-state index is 9.73. The summed E-state index contributed by atoms with van der Waals surface area (Å²) >= 11 is 0. The van der Waals surface area contributed by atoms with Gasteiger partial charge < -0.3 is 24.4 Å². The third-order valence-electron chi connectivity index (χ3n) is 7.75. The fraction of sp³-hybridized carbons (Fsp3) is 0.448. The first kappa shape index (κ1) is 25.5. The standard InChI is InChI=1S/C29H33N7O3/c1-29(8-13-37-18-29)19-39-26-7-2-21(14-22(26)15-30)27-31-20-32-28(34-27)33-23-3-5-24(6-4-23)35-9-11-36(12-10-35)25-16-38-17-25/h2-7,14,20,25H,8-13,16-19H2,1H3,(H,31,32,33,34). The van der Waals surface area contributed by atoms with E-state index in [-0.39, 0.29) is 5.41 Å². The molecule has 4 heterocycles. The van der Waals surface area contributed by atoms with Crippen molar-refractivity contribution in [3.63, 3.8) is 0 Å². The number of benzene rings is 2. The molecule has 0 amide bonds. The number of ether oxygens (including phenoxy) is 3. The highest BCUT2D eigenvalue weighted by molar-refractivity contribution is 5.64. The third-order valence-corrected chi connectivity index (χ3v) is 7.75. The van der Waals surface area contributed by atoms with Gasteiger partial charge in [-0.25, -0.2) is 9.97 Å². The number of nitriles is 1. The monoisotopic (exact) mass is 527 g/mol. The summed E-state index contributed by atoms with van der Waals surface area (Å²) in [6, 6.07) is 16.6. The zero-order chi connectivity index (χ0) is 26.7. The van der Waals surface area contributed by atoms with E-state index in [2.05, 4.69) is 55.2 Å². The van der Waals surface area contributed by atoms with Crippen LogP contribution in [0, 0.1) is 16.7 Å². The molecule has 10 heteroatoms. The Hall–Kier alpha value is -3.78. The zero-order valence-corrected chi connectivity index (χ0v) is 22.2. The maximum Gasteiger partial charge on any atom is 0.230 e. The van der Waals surface area contributed by atoms with E-state index in [1.807, 2.05) is 24.3 Å². The van der Waals surface area contributed by atoms with Crippen LogP contribution in [0.15, 0.2) is 48.8 Å². The molecule has 1 N–H and O–H groups in total. The lowest BCUT2D eigenvalue weighted by Gasteiger charge is -2.43. The van der Waals surface area contributed by atoms with Gasteiger partial charge in [0.1, 0.15) is 18.1 Å². The highest BCUT2D eigenvalue weighted by Gasteiger charge is 2.31.